The molecule has 0 heterocycles. The standard InChI is InChI=1S/C6H13NO3/c1-5(10-2)3-4-7-6(8)9/h5,7H,3-4H2,1-2H3,(H,8,9). The van der Waals surface area contributed by atoms with E-state index in [0.717, 1.165) is 0 Å². The lowest BCUT2D eigenvalue weighted by Crippen LogP contribution is -2.24. The van der Waals surface area contributed by atoms with Crippen molar-refractivity contribution in [2.45, 2.75) is 19.4 Å². The Bertz CT molecular complexity index is 105. The monoisotopic (exact) mass is 147 g/mol. The first-order valence-corrected chi connectivity index (χ1v) is 3.16. The summed E-state index contributed by atoms with van der Waals surface area (Å²) in [5.74, 6) is 0. The van der Waals surface area contributed by atoms with Gasteiger partial charge in [0.25, 0.3) is 0 Å². The molecular formula is C6H13NO3. The van der Waals surface area contributed by atoms with Crippen LogP contribution in [0.3, 0.4) is 0 Å². The Morgan fingerprint density at radius 1 is 1.80 bits per heavy atom. The van der Waals surface area contributed by atoms with Crippen molar-refractivity contribution < 1.29 is 14.6 Å². The molecule has 0 saturated heterocycles. The number of amides is 1. The largest absolute Gasteiger partial charge is 0.465 e. The van der Waals surface area contributed by atoms with Gasteiger partial charge in [0, 0.05) is 13.7 Å². The van der Waals surface area contributed by atoms with Crippen molar-refractivity contribution in [3.05, 3.63) is 0 Å². The summed E-state index contributed by atoms with van der Waals surface area (Å²) in [7, 11) is 1.60. The van der Waals surface area contributed by atoms with Gasteiger partial charge >= 0.3 is 6.09 Å². The van der Waals surface area contributed by atoms with Gasteiger partial charge in [-0.05, 0) is 13.3 Å². The fourth-order valence-electron chi connectivity index (χ4n) is 0.500. The SMILES string of the molecule is COC(C)CCNC(=O)O. The minimum atomic E-state index is -0.983. The molecular weight excluding hydrogens is 134 g/mol. The van der Waals surface area contributed by atoms with Gasteiger partial charge in [-0.15, -0.1) is 0 Å². The van der Waals surface area contributed by atoms with Gasteiger partial charge in [-0.1, -0.05) is 0 Å². The summed E-state index contributed by atoms with van der Waals surface area (Å²) in [5.41, 5.74) is 0. The second-order valence-corrected chi connectivity index (χ2v) is 2.07. The molecule has 0 radical (unpaired) electrons. The number of hydrogen-bond donors (Lipinski definition) is 2. The number of rotatable bonds is 4. The van der Waals surface area contributed by atoms with Crippen molar-refractivity contribution in [3.8, 4) is 0 Å². The Hall–Kier alpha value is -0.770. The van der Waals surface area contributed by atoms with Crippen molar-refractivity contribution in [1.29, 1.82) is 0 Å². The minimum absolute atomic E-state index is 0.117. The summed E-state index contributed by atoms with van der Waals surface area (Å²) in [6, 6.07) is 0. The van der Waals surface area contributed by atoms with E-state index in [1.165, 1.54) is 0 Å². The molecule has 0 rings (SSSR count). The summed E-state index contributed by atoms with van der Waals surface area (Å²) >= 11 is 0. The van der Waals surface area contributed by atoms with Gasteiger partial charge in [-0.3, -0.25) is 0 Å². The van der Waals surface area contributed by atoms with Gasteiger partial charge in [0.2, 0.25) is 0 Å². The van der Waals surface area contributed by atoms with E-state index < -0.39 is 6.09 Å². The third kappa shape index (κ3) is 5.37. The number of ether oxygens (including phenoxy) is 1. The maximum absolute atomic E-state index is 9.92. The van der Waals surface area contributed by atoms with E-state index >= 15 is 0 Å². The second-order valence-electron chi connectivity index (χ2n) is 2.07. The van der Waals surface area contributed by atoms with Crippen LogP contribution >= 0.6 is 0 Å². The predicted octanol–water partition coefficient (Wildman–Crippen LogP) is 0.679. The topological polar surface area (TPSA) is 58.6 Å². The van der Waals surface area contributed by atoms with E-state index in [0.29, 0.717) is 13.0 Å². The van der Waals surface area contributed by atoms with E-state index in [-0.39, 0.29) is 6.10 Å². The van der Waals surface area contributed by atoms with Crippen LogP contribution in [0.25, 0.3) is 0 Å². The summed E-state index contributed by atoms with van der Waals surface area (Å²) in [5, 5.41) is 10.4. The van der Waals surface area contributed by atoms with Gasteiger partial charge < -0.3 is 15.2 Å². The van der Waals surface area contributed by atoms with Crippen LogP contribution in [0, 0.1) is 0 Å². The lowest BCUT2D eigenvalue weighted by molar-refractivity contribution is 0.110. The molecule has 1 atom stereocenters. The first-order chi connectivity index (χ1) is 4.66. The highest BCUT2D eigenvalue weighted by atomic mass is 16.5. The lowest BCUT2D eigenvalue weighted by Gasteiger charge is -2.07. The molecule has 0 aromatic heterocycles. The van der Waals surface area contributed by atoms with E-state index in [1.54, 1.807) is 7.11 Å². The highest BCUT2D eigenvalue weighted by molar-refractivity contribution is 5.64. The molecule has 2 N–H and O–H groups in total. The molecule has 0 fully saturated rings. The van der Waals surface area contributed by atoms with Crippen LogP contribution in [0.2, 0.25) is 0 Å². The van der Waals surface area contributed by atoms with Gasteiger partial charge in [0.1, 0.15) is 0 Å². The molecule has 4 heteroatoms. The maximum atomic E-state index is 9.92. The van der Waals surface area contributed by atoms with Crippen molar-refractivity contribution in [1.82, 2.24) is 5.32 Å². The van der Waals surface area contributed by atoms with Gasteiger partial charge in [-0.2, -0.15) is 0 Å². The Labute approximate surface area is 60.2 Å². The van der Waals surface area contributed by atoms with Crippen LogP contribution in [0.1, 0.15) is 13.3 Å². The normalized spacial score (nSPS) is 12.6. The minimum Gasteiger partial charge on any atom is -0.465 e. The highest BCUT2D eigenvalue weighted by Crippen LogP contribution is 1.91. The molecule has 0 bridgehead atoms. The zero-order valence-electron chi connectivity index (χ0n) is 6.26. The third-order valence-electron chi connectivity index (χ3n) is 1.23. The van der Waals surface area contributed by atoms with Crippen LogP contribution in [0.15, 0.2) is 0 Å². The molecule has 0 aliphatic heterocycles. The maximum Gasteiger partial charge on any atom is 0.404 e. The van der Waals surface area contributed by atoms with Crippen molar-refractivity contribution >= 4 is 6.09 Å². The molecule has 0 aromatic rings. The van der Waals surface area contributed by atoms with Crippen LogP contribution in [-0.4, -0.2) is 31.0 Å². The molecule has 1 unspecified atom stereocenters. The summed E-state index contributed by atoms with van der Waals surface area (Å²) in [6.07, 6.45) is -0.154. The van der Waals surface area contributed by atoms with Crippen LogP contribution < -0.4 is 5.32 Å². The van der Waals surface area contributed by atoms with Gasteiger partial charge in [-0.25, -0.2) is 4.79 Å². The first kappa shape index (κ1) is 9.23. The smallest absolute Gasteiger partial charge is 0.404 e. The first-order valence-electron chi connectivity index (χ1n) is 3.16. The van der Waals surface area contributed by atoms with E-state index in [2.05, 4.69) is 5.32 Å². The van der Waals surface area contributed by atoms with Crippen molar-refractivity contribution in [2.75, 3.05) is 13.7 Å². The van der Waals surface area contributed by atoms with E-state index in [1.807, 2.05) is 6.92 Å². The van der Waals surface area contributed by atoms with Crippen LogP contribution in [0.4, 0.5) is 4.79 Å². The molecule has 0 aliphatic carbocycles. The number of carboxylic acid groups (broad SMARTS) is 1. The van der Waals surface area contributed by atoms with Gasteiger partial charge in [0.05, 0.1) is 6.10 Å². The molecule has 10 heavy (non-hydrogen) atoms. The summed E-state index contributed by atoms with van der Waals surface area (Å²) < 4.78 is 4.90. The molecule has 0 spiro atoms. The average molecular weight is 147 g/mol. The quantitative estimate of drug-likeness (QED) is 0.614. The number of hydrogen-bond acceptors (Lipinski definition) is 2. The fourth-order valence-corrected chi connectivity index (χ4v) is 0.500. The molecule has 60 valence electrons. The van der Waals surface area contributed by atoms with Crippen LogP contribution in [0.5, 0.6) is 0 Å². The zero-order valence-corrected chi connectivity index (χ0v) is 6.26. The second kappa shape index (κ2) is 5.05. The predicted molar refractivity (Wildman–Crippen MR) is 37.1 cm³/mol. The Kier molecular flexibility index (Phi) is 4.66. The Balaban J connectivity index is 3.11. The lowest BCUT2D eigenvalue weighted by atomic mass is 10.3. The van der Waals surface area contributed by atoms with E-state index in [9.17, 15) is 4.79 Å². The molecule has 4 nitrogen and oxygen atoms in total. The average Bonchev–Trinajstić information content (AvgIpc) is 1.87. The number of carbonyl (C=O) groups is 1. The summed E-state index contributed by atoms with van der Waals surface area (Å²) in [4.78, 5) is 9.92. The molecule has 0 aromatic carbocycles. The summed E-state index contributed by atoms with van der Waals surface area (Å²) in [6.45, 7) is 2.34. The van der Waals surface area contributed by atoms with E-state index in [4.69, 9.17) is 9.84 Å². The number of methoxy groups -OCH3 is 1. The highest BCUT2D eigenvalue weighted by Gasteiger charge is 1.99. The Morgan fingerprint density at radius 3 is 2.80 bits per heavy atom. The Morgan fingerprint density at radius 2 is 2.40 bits per heavy atom. The molecule has 0 saturated carbocycles. The third-order valence-corrected chi connectivity index (χ3v) is 1.23. The van der Waals surface area contributed by atoms with Crippen molar-refractivity contribution in [2.24, 2.45) is 0 Å². The van der Waals surface area contributed by atoms with Crippen LogP contribution in [-0.2, 0) is 4.74 Å². The number of nitrogens with one attached hydrogen (secondary N) is 1. The molecule has 1 amide bonds. The van der Waals surface area contributed by atoms with Crippen molar-refractivity contribution in [3.63, 3.8) is 0 Å². The molecule has 0 aliphatic rings. The fraction of sp³-hybridized carbons (Fsp3) is 0.833. The zero-order chi connectivity index (χ0) is 7.98. The van der Waals surface area contributed by atoms with Gasteiger partial charge in [0.15, 0.2) is 0 Å².